The van der Waals surface area contributed by atoms with Crippen molar-refractivity contribution in [3.8, 4) is 0 Å². The number of rotatable bonds is 1. The summed E-state index contributed by atoms with van der Waals surface area (Å²) < 4.78 is 0. The third-order valence-electron chi connectivity index (χ3n) is 8.98. The maximum Gasteiger partial charge on any atom is 0.166 e. The number of benzene rings is 3. The molecule has 0 bridgehead atoms. The normalized spacial score (nSPS) is 31.9. The van der Waals surface area contributed by atoms with Crippen LogP contribution >= 0.6 is 0 Å². The summed E-state index contributed by atoms with van der Waals surface area (Å²) in [6, 6.07) is 28.4. The van der Waals surface area contributed by atoms with Gasteiger partial charge in [0, 0.05) is 34.2 Å². The summed E-state index contributed by atoms with van der Waals surface area (Å²) in [4.78, 5) is 16.3. The van der Waals surface area contributed by atoms with Crippen LogP contribution in [0.5, 0.6) is 0 Å². The maximum atomic E-state index is 13.8. The minimum absolute atomic E-state index is 0.0788. The zero-order valence-electron chi connectivity index (χ0n) is 19.4. The lowest BCUT2D eigenvalue weighted by Crippen LogP contribution is -2.67. The number of nitrogens with one attached hydrogen (secondary N) is 2. The second kappa shape index (κ2) is 7.79. The molecular weight excluding hydrogens is 418 g/mol. The van der Waals surface area contributed by atoms with Gasteiger partial charge in [0.25, 0.3) is 0 Å². The molecule has 2 N–H and O–H groups in total. The van der Waals surface area contributed by atoms with E-state index < -0.39 is 0 Å². The smallest absolute Gasteiger partial charge is 0.166 e. The molecule has 34 heavy (non-hydrogen) atoms. The van der Waals surface area contributed by atoms with Gasteiger partial charge in [0.1, 0.15) is 0 Å². The second-order valence-corrected chi connectivity index (χ2v) is 10.4. The highest BCUT2D eigenvalue weighted by Crippen LogP contribution is 2.61. The average Bonchev–Trinajstić information content (AvgIpc) is 2.91. The van der Waals surface area contributed by atoms with Gasteiger partial charge in [0.05, 0.1) is 6.17 Å². The molecule has 0 saturated carbocycles. The number of carbonyl (C=O) groups excluding carboxylic acids is 1. The predicted molar refractivity (Wildman–Crippen MR) is 136 cm³/mol. The average molecular weight is 450 g/mol. The Kier molecular flexibility index (Phi) is 4.68. The van der Waals surface area contributed by atoms with Crippen molar-refractivity contribution < 1.29 is 4.79 Å². The van der Waals surface area contributed by atoms with Crippen molar-refractivity contribution in [2.45, 2.75) is 30.8 Å². The number of piperidine rings is 2. The first-order chi connectivity index (χ1) is 16.8. The zero-order valence-corrected chi connectivity index (χ0v) is 19.4. The third kappa shape index (κ3) is 2.64. The van der Waals surface area contributed by atoms with E-state index in [0.717, 1.165) is 44.5 Å². The minimum atomic E-state index is -0.192. The number of carbonyl (C=O) groups is 1. The van der Waals surface area contributed by atoms with Crippen molar-refractivity contribution in [3.63, 3.8) is 0 Å². The number of nitrogens with zero attached hydrogens (tertiary/aromatic N) is 1. The Hall–Kier alpha value is -2.95. The van der Waals surface area contributed by atoms with E-state index in [2.05, 4.69) is 88.3 Å². The van der Waals surface area contributed by atoms with E-state index >= 15 is 0 Å². The fraction of sp³-hybridized carbons (Fsp3) is 0.367. The van der Waals surface area contributed by atoms with Crippen molar-refractivity contribution in [1.29, 1.82) is 0 Å². The molecule has 1 aliphatic carbocycles. The number of hydrogen-bond donors (Lipinski definition) is 2. The molecule has 2 fully saturated rings. The highest BCUT2D eigenvalue weighted by atomic mass is 16.1. The lowest BCUT2D eigenvalue weighted by atomic mass is 9.47. The van der Waals surface area contributed by atoms with E-state index in [1.807, 2.05) is 6.07 Å². The predicted octanol–water partition coefficient (Wildman–Crippen LogP) is 4.87. The van der Waals surface area contributed by atoms with Gasteiger partial charge in [0.15, 0.2) is 5.78 Å². The van der Waals surface area contributed by atoms with Crippen molar-refractivity contribution in [3.05, 3.63) is 95.6 Å². The van der Waals surface area contributed by atoms with E-state index in [9.17, 15) is 4.79 Å². The van der Waals surface area contributed by atoms with E-state index in [1.54, 1.807) is 0 Å². The second-order valence-electron chi connectivity index (χ2n) is 10.4. The molecule has 3 heterocycles. The molecule has 7 rings (SSSR count). The van der Waals surface area contributed by atoms with Crippen LogP contribution in [0.2, 0.25) is 0 Å². The Morgan fingerprint density at radius 2 is 1.56 bits per heavy atom. The summed E-state index contributed by atoms with van der Waals surface area (Å²) in [5, 5.41) is 7.63. The summed E-state index contributed by atoms with van der Waals surface area (Å²) in [5.41, 5.74) is 5.91. The highest BCUT2D eigenvalue weighted by molar-refractivity contribution is 6.02. The van der Waals surface area contributed by atoms with Crippen molar-refractivity contribution in [1.82, 2.24) is 10.6 Å². The SMILES string of the molecule is O=C1c2ccccc2C2(c3ccccc3N(c3ccccc3)C3NCCCC32)C2CNCCC12. The summed E-state index contributed by atoms with van der Waals surface area (Å²) in [6.45, 7) is 2.85. The molecule has 1 spiro atoms. The molecule has 172 valence electrons. The number of fused-ring (bicyclic) bond motifs is 8. The van der Waals surface area contributed by atoms with E-state index in [-0.39, 0.29) is 23.4 Å². The molecule has 5 atom stereocenters. The number of hydrogen-bond acceptors (Lipinski definition) is 4. The van der Waals surface area contributed by atoms with Gasteiger partial charge < -0.3 is 10.2 Å². The van der Waals surface area contributed by atoms with Crippen LogP contribution in [0, 0.1) is 17.8 Å². The van der Waals surface area contributed by atoms with Crippen LogP contribution in [-0.4, -0.2) is 31.6 Å². The van der Waals surface area contributed by atoms with Crippen LogP contribution in [-0.2, 0) is 5.41 Å². The van der Waals surface area contributed by atoms with Crippen LogP contribution in [0.3, 0.4) is 0 Å². The van der Waals surface area contributed by atoms with Crippen LogP contribution in [0.25, 0.3) is 0 Å². The molecule has 0 aromatic heterocycles. The topological polar surface area (TPSA) is 44.4 Å². The van der Waals surface area contributed by atoms with Gasteiger partial charge in [-0.1, -0.05) is 60.7 Å². The van der Waals surface area contributed by atoms with E-state index in [0.29, 0.717) is 11.7 Å². The number of ketones is 1. The van der Waals surface area contributed by atoms with Crippen molar-refractivity contribution in [2.24, 2.45) is 17.8 Å². The lowest BCUT2D eigenvalue weighted by Gasteiger charge is -2.62. The van der Waals surface area contributed by atoms with Crippen LogP contribution < -0.4 is 15.5 Å². The van der Waals surface area contributed by atoms with Gasteiger partial charge in [-0.25, -0.2) is 0 Å². The Bertz CT molecular complexity index is 1240. The summed E-state index contributed by atoms with van der Waals surface area (Å²) >= 11 is 0. The molecule has 4 heteroatoms. The molecule has 0 radical (unpaired) electrons. The standard InChI is InChI=1S/C30H31N3O/c34-28-21-11-4-5-12-23(21)30(26-19-31-18-16-22(26)28)24-13-6-7-15-27(24)33(20-9-2-1-3-10-20)29-25(30)14-8-17-32-29/h1-7,9-13,15,22,25-26,29,31-32H,8,14,16-19H2. The maximum absolute atomic E-state index is 13.8. The fourth-order valence-electron chi connectivity index (χ4n) is 7.82. The summed E-state index contributed by atoms with van der Waals surface area (Å²) in [5.74, 6) is 1.07. The molecule has 2 saturated heterocycles. The molecule has 0 amide bonds. The highest BCUT2D eigenvalue weighted by Gasteiger charge is 2.62. The molecule has 3 aromatic carbocycles. The Morgan fingerprint density at radius 3 is 2.44 bits per heavy atom. The van der Waals surface area contributed by atoms with Crippen molar-refractivity contribution >= 4 is 17.2 Å². The quantitative estimate of drug-likeness (QED) is 0.556. The molecular formula is C30H31N3O. The Morgan fingerprint density at radius 1 is 0.794 bits per heavy atom. The number of anilines is 2. The minimum Gasteiger partial charge on any atom is -0.325 e. The summed E-state index contributed by atoms with van der Waals surface area (Å²) in [6.07, 6.45) is 3.43. The fourth-order valence-corrected chi connectivity index (χ4v) is 7.82. The monoisotopic (exact) mass is 449 g/mol. The van der Waals surface area contributed by atoms with Gasteiger partial charge in [-0.3, -0.25) is 10.1 Å². The van der Waals surface area contributed by atoms with Crippen molar-refractivity contribution in [2.75, 3.05) is 24.5 Å². The van der Waals surface area contributed by atoms with E-state index in [4.69, 9.17) is 0 Å². The first-order valence-electron chi connectivity index (χ1n) is 12.8. The first kappa shape index (κ1) is 20.4. The van der Waals surface area contributed by atoms with Crippen LogP contribution in [0.4, 0.5) is 11.4 Å². The number of para-hydroxylation sites is 2. The van der Waals surface area contributed by atoms with E-state index in [1.165, 1.54) is 22.5 Å². The Balaban J connectivity index is 1.57. The van der Waals surface area contributed by atoms with Gasteiger partial charge >= 0.3 is 0 Å². The lowest BCUT2D eigenvalue weighted by molar-refractivity contribution is 0.0475. The molecule has 4 nitrogen and oxygen atoms in total. The van der Waals surface area contributed by atoms with Gasteiger partial charge in [-0.05, 0) is 74.1 Å². The number of Topliss-reactive ketones (excluding diaryl/α,β-unsaturated/α-hetero) is 1. The third-order valence-corrected chi connectivity index (χ3v) is 8.98. The first-order valence-corrected chi connectivity index (χ1v) is 12.8. The molecule has 4 aliphatic rings. The zero-order chi connectivity index (χ0) is 22.7. The molecule has 3 aromatic rings. The Labute approximate surface area is 201 Å². The van der Waals surface area contributed by atoms with Gasteiger partial charge in [-0.15, -0.1) is 0 Å². The van der Waals surface area contributed by atoms with Crippen LogP contribution in [0.15, 0.2) is 78.9 Å². The summed E-state index contributed by atoms with van der Waals surface area (Å²) in [7, 11) is 0. The van der Waals surface area contributed by atoms with Gasteiger partial charge in [-0.2, -0.15) is 0 Å². The van der Waals surface area contributed by atoms with Gasteiger partial charge in [0.2, 0.25) is 0 Å². The molecule has 5 unspecified atom stereocenters. The van der Waals surface area contributed by atoms with Crippen LogP contribution in [0.1, 0.15) is 40.7 Å². The largest absolute Gasteiger partial charge is 0.325 e. The molecule has 3 aliphatic heterocycles.